The molecule has 0 aromatic heterocycles. The number of ether oxygens (including phenoxy) is 4. The van der Waals surface area contributed by atoms with Gasteiger partial charge in [0.05, 0.1) is 32.9 Å². The Kier molecular flexibility index (Phi) is 5.84. The van der Waals surface area contributed by atoms with E-state index < -0.39 is 0 Å². The lowest BCUT2D eigenvalue weighted by Crippen LogP contribution is -2.35. The number of fused-ring (bicyclic) bond motifs is 1. The summed E-state index contributed by atoms with van der Waals surface area (Å²) in [6, 6.07) is 11.6. The highest BCUT2D eigenvalue weighted by Gasteiger charge is 2.35. The molecule has 4 rings (SSSR count). The summed E-state index contributed by atoms with van der Waals surface area (Å²) in [6.45, 7) is 3.20. The van der Waals surface area contributed by atoms with Crippen LogP contribution in [-0.2, 0) is 11.3 Å². The molecule has 0 saturated heterocycles. The Morgan fingerprint density at radius 3 is 2.67 bits per heavy atom. The fraction of sp³-hybridized carbons (Fsp3) is 0.375. The van der Waals surface area contributed by atoms with Crippen LogP contribution in [0.1, 0.15) is 30.9 Å². The van der Waals surface area contributed by atoms with Gasteiger partial charge in [-0.2, -0.15) is 0 Å². The number of rotatable bonds is 8. The quantitative estimate of drug-likeness (QED) is 0.658. The van der Waals surface area contributed by atoms with E-state index in [-0.39, 0.29) is 18.6 Å². The van der Waals surface area contributed by atoms with Crippen LogP contribution >= 0.6 is 0 Å². The smallest absolute Gasteiger partial charge is 0.253 e. The Hall–Kier alpha value is -3.15. The number of methoxy groups -OCH3 is 2. The third-order valence-corrected chi connectivity index (χ3v) is 5.36. The normalized spacial score (nSPS) is 14.8. The van der Waals surface area contributed by atoms with Crippen molar-refractivity contribution in [3.63, 3.8) is 0 Å². The molecule has 1 aliphatic heterocycles. The van der Waals surface area contributed by atoms with Crippen LogP contribution < -0.4 is 18.9 Å². The summed E-state index contributed by atoms with van der Waals surface area (Å²) < 4.78 is 22.4. The molecule has 158 valence electrons. The number of hydrogen-bond donors (Lipinski definition) is 0. The van der Waals surface area contributed by atoms with Crippen LogP contribution in [0.4, 0.5) is 0 Å². The SMILES string of the molecule is CCOc1cccc2c1OCC(C(=O)N(Cc1cc(OC)ccc1OC)C1CC1)=C2. The first-order chi connectivity index (χ1) is 14.6. The molecule has 0 unspecified atom stereocenters. The summed E-state index contributed by atoms with van der Waals surface area (Å²) >= 11 is 0. The number of carbonyl (C=O) groups is 1. The zero-order valence-electron chi connectivity index (χ0n) is 17.6. The van der Waals surface area contributed by atoms with Crippen molar-refractivity contribution in [2.45, 2.75) is 32.4 Å². The highest BCUT2D eigenvalue weighted by atomic mass is 16.5. The molecular weight excluding hydrogens is 382 g/mol. The number of amides is 1. The zero-order valence-corrected chi connectivity index (χ0v) is 17.6. The molecule has 0 N–H and O–H groups in total. The third kappa shape index (κ3) is 4.08. The summed E-state index contributed by atoms with van der Waals surface area (Å²) in [7, 11) is 3.27. The number of hydrogen-bond acceptors (Lipinski definition) is 5. The van der Waals surface area contributed by atoms with Gasteiger partial charge in [-0.05, 0) is 50.1 Å². The van der Waals surface area contributed by atoms with Gasteiger partial charge >= 0.3 is 0 Å². The first-order valence-corrected chi connectivity index (χ1v) is 10.3. The summed E-state index contributed by atoms with van der Waals surface area (Å²) in [5, 5.41) is 0. The van der Waals surface area contributed by atoms with Crippen LogP contribution in [0.15, 0.2) is 42.0 Å². The van der Waals surface area contributed by atoms with Crippen molar-refractivity contribution < 1.29 is 23.7 Å². The highest BCUT2D eigenvalue weighted by Crippen LogP contribution is 2.38. The average molecular weight is 409 g/mol. The molecule has 0 radical (unpaired) electrons. The number of benzene rings is 2. The summed E-state index contributed by atoms with van der Waals surface area (Å²) in [4.78, 5) is 15.4. The van der Waals surface area contributed by atoms with E-state index in [1.165, 1.54) is 0 Å². The maximum Gasteiger partial charge on any atom is 0.253 e. The van der Waals surface area contributed by atoms with Crippen molar-refractivity contribution in [1.82, 2.24) is 4.90 Å². The van der Waals surface area contributed by atoms with E-state index in [9.17, 15) is 4.79 Å². The second-order valence-corrected chi connectivity index (χ2v) is 7.41. The first kappa shape index (κ1) is 20.1. The van der Waals surface area contributed by atoms with Crippen LogP contribution in [0.2, 0.25) is 0 Å². The Morgan fingerprint density at radius 1 is 1.13 bits per heavy atom. The lowest BCUT2D eigenvalue weighted by atomic mass is 10.1. The predicted molar refractivity (Wildman–Crippen MR) is 114 cm³/mol. The van der Waals surface area contributed by atoms with E-state index in [2.05, 4.69) is 0 Å². The fourth-order valence-electron chi connectivity index (χ4n) is 3.70. The van der Waals surface area contributed by atoms with Gasteiger partial charge in [-0.3, -0.25) is 4.79 Å². The van der Waals surface area contributed by atoms with Gasteiger partial charge < -0.3 is 23.8 Å². The molecule has 30 heavy (non-hydrogen) atoms. The fourth-order valence-corrected chi connectivity index (χ4v) is 3.70. The van der Waals surface area contributed by atoms with Crippen LogP contribution in [0.5, 0.6) is 23.0 Å². The zero-order chi connectivity index (χ0) is 21.1. The van der Waals surface area contributed by atoms with E-state index in [0.717, 1.165) is 35.5 Å². The Morgan fingerprint density at radius 2 is 1.97 bits per heavy atom. The van der Waals surface area contributed by atoms with Crippen molar-refractivity contribution in [1.29, 1.82) is 0 Å². The van der Waals surface area contributed by atoms with E-state index >= 15 is 0 Å². The average Bonchev–Trinajstić information content (AvgIpc) is 3.62. The third-order valence-electron chi connectivity index (χ3n) is 5.36. The lowest BCUT2D eigenvalue weighted by molar-refractivity contribution is -0.128. The molecule has 1 heterocycles. The molecule has 0 bridgehead atoms. The summed E-state index contributed by atoms with van der Waals surface area (Å²) in [6.07, 6.45) is 3.94. The molecule has 1 saturated carbocycles. The van der Waals surface area contributed by atoms with Gasteiger partial charge in [-0.25, -0.2) is 0 Å². The van der Waals surface area contributed by atoms with Crippen molar-refractivity contribution in [3.8, 4) is 23.0 Å². The topological polar surface area (TPSA) is 57.2 Å². The van der Waals surface area contributed by atoms with Crippen LogP contribution in [0, 0.1) is 0 Å². The molecule has 1 amide bonds. The van der Waals surface area contributed by atoms with Gasteiger partial charge in [0, 0.05) is 17.2 Å². The minimum absolute atomic E-state index is 0.00478. The van der Waals surface area contributed by atoms with Crippen molar-refractivity contribution >= 4 is 12.0 Å². The molecule has 2 aromatic carbocycles. The van der Waals surface area contributed by atoms with Gasteiger partial charge in [0.2, 0.25) is 0 Å². The maximum absolute atomic E-state index is 13.4. The maximum atomic E-state index is 13.4. The van der Waals surface area contributed by atoms with Gasteiger partial charge in [0.15, 0.2) is 11.5 Å². The van der Waals surface area contributed by atoms with Crippen LogP contribution in [0.25, 0.3) is 6.08 Å². The van der Waals surface area contributed by atoms with Crippen LogP contribution in [-0.4, -0.2) is 44.3 Å². The van der Waals surface area contributed by atoms with Gasteiger partial charge in [0.1, 0.15) is 18.1 Å². The summed E-state index contributed by atoms with van der Waals surface area (Å²) in [5.74, 6) is 2.89. The van der Waals surface area contributed by atoms with E-state index in [1.807, 2.05) is 54.3 Å². The number of para-hydroxylation sites is 1. The van der Waals surface area contributed by atoms with Gasteiger partial charge in [0.25, 0.3) is 5.91 Å². The van der Waals surface area contributed by atoms with Crippen molar-refractivity contribution in [2.75, 3.05) is 27.4 Å². The molecular formula is C24H27NO5. The molecule has 2 aromatic rings. The Balaban J connectivity index is 1.60. The number of carbonyl (C=O) groups excluding carboxylic acids is 1. The molecule has 6 heteroatoms. The predicted octanol–water partition coefficient (Wildman–Crippen LogP) is 4.07. The lowest BCUT2D eigenvalue weighted by Gasteiger charge is -2.27. The largest absolute Gasteiger partial charge is 0.497 e. The second kappa shape index (κ2) is 8.69. The standard InChI is InChI=1S/C24H27NO5/c1-4-29-22-7-5-6-16-12-18(15-30-23(16)22)24(26)25(19-8-9-19)14-17-13-20(27-2)10-11-21(17)28-3/h5-7,10-13,19H,4,8-9,14-15H2,1-3H3. The van der Waals surface area contributed by atoms with Gasteiger partial charge in [-0.1, -0.05) is 12.1 Å². The number of nitrogens with zero attached hydrogens (tertiary/aromatic N) is 1. The van der Waals surface area contributed by atoms with Gasteiger partial charge in [-0.15, -0.1) is 0 Å². The van der Waals surface area contributed by atoms with E-state index in [1.54, 1.807) is 14.2 Å². The molecule has 0 spiro atoms. The molecule has 1 aliphatic carbocycles. The highest BCUT2D eigenvalue weighted by molar-refractivity contribution is 5.99. The molecule has 2 aliphatic rings. The second-order valence-electron chi connectivity index (χ2n) is 7.41. The Bertz CT molecular complexity index is 964. The van der Waals surface area contributed by atoms with E-state index in [0.29, 0.717) is 30.2 Å². The molecule has 6 nitrogen and oxygen atoms in total. The molecule has 0 atom stereocenters. The van der Waals surface area contributed by atoms with Crippen molar-refractivity contribution in [2.24, 2.45) is 0 Å². The van der Waals surface area contributed by atoms with E-state index in [4.69, 9.17) is 18.9 Å². The Labute approximate surface area is 177 Å². The van der Waals surface area contributed by atoms with Crippen molar-refractivity contribution in [3.05, 3.63) is 53.1 Å². The van der Waals surface area contributed by atoms with Crippen LogP contribution in [0.3, 0.4) is 0 Å². The minimum atomic E-state index is -0.00478. The minimum Gasteiger partial charge on any atom is -0.497 e. The monoisotopic (exact) mass is 409 g/mol. The first-order valence-electron chi connectivity index (χ1n) is 10.3. The summed E-state index contributed by atoms with van der Waals surface area (Å²) in [5.41, 5.74) is 2.43. The molecule has 1 fully saturated rings.